The number of allylic oxidation sites excluding steroid dienone is 1. The first-order chi connectivity index (χ1) is 6.75. The summed E-state index contributed by atoms with van der Waals surface area (Å²) in [7, 11) is 0. The summed E-state index contributed by atoms with van der Waals surface area (Å²) in [5.41, 5.74) is 7.41. The van der Waals surface area contributed by atoms with Gasteiger partial charge in [-0.25, -0.2) is 0 Å². The molecule has 3 nitrogen and oxygen atoms in total. The molecule has 4 heteroatoms. The molecule has 14 heavy (non-hydrogen) atoms. The normalized spacial score (nSPS) is 39.9. The lowest BCUT2D eigenvalue weighted by atomic mass is 9.83. The van der Waals surface area contributed by atoms with E-state index in [1.807, 2.05) is 0 Å². The Kier molecular flexibility index (Phi) is 1.79. The Morgan fingerprint density at radius 2 is 2.36 bits per heavy atom. The van der Waals surface area contributed by atoms with Gasteiger partial charge < -0.3 is 16.4 Å². The van der Waals surface area contributed by atoms with Crippen LogP contribution in [0.4, 0.5) is 0 Å². The van der Waals surface area contributed by atoms with E-state index >= 15 is 0 Å². The first-order valence-corrected chi connectivity index (χ1v) is 5.48. The standard InChI is InChI=1S/C10H14ClN3/c11-5-1-2-8-6(3-5)9-7(12)4-13-10(9)14-8/h1,6-8,13-14H,2-4,12H2. The predicted octanol–water partition coefficient (Wildman–Crippen LogP) is 0.633. The zero-order valence-electron chi connectivity index (χ0n) is 7.89. The fourth-order valence-electron chi connectivity index (χ4n) is 2.73. The van der Waals surface area contributed by atoms with Crippen LogP contribution in [0.15, 0.2) is 22.5 Å². The van der Waals surface area contributed by atoms with E-state index in [4.69, 9.17) is 17.3 Å². The lowest BCUT2D eigenvalue weighted by Crippen LogP contribution is -2.39. The van der Waals surface area contributed by atoms with Gasteiger partial charge in [0.1, 0.15) is 5.82 Å². The minimum absolute atomic E-state index is 0.176. The van der Waals surface area contributed by atoms with Gasteiger partial charge in [-0.2, -0.15) is 0 Å². The van der Waals surface area contributed by atoms with Crippen molar-refractivity contribution in [2.75, 3.05) is 6.54 Å². The number of nitrogens with two attached hydrogens (primary N) is 1. The van der Waals surface area contributed by atoms with Gasteiger partial charge in [-0.1, -0.05) is 17.7 Å². The van der Waals surface area contributed by atoms with E-state index in [0.717, 1.165) is 24.4 Å². The van der Waals surface area contributed by atoms with Crippen molar-refractivity contribution in [3.05, 3.63) is 22.5 Å². The molecule has 0 aromatic heterocycles. The molecule has 0 radical (unpaired) electrons. The third-order valence-corrected chi connectivity index (χ3v) is 3.72. The minimum atomic E-state index is 0.176. The van der Waals surface area contributed by atoms with Gasteiger partial charge in [0.05, 0.1) is 0 Å². The molecule has 3 rings (SSSR count). The van der Waals surface area contributed by atoms with Crippen LogP contribution in [0.1, 0.15) is 12.8 Å². The lowest BCUT2D eigenvalue weighted by Gasteiger charge is -2.27. The molecule has 0 aromatic rings. The van der Waals surface area contributed by atoms with Crippen molar-refractivity contribution in [3.63, 3.8) is 0 Å². The van der Waals surface area contributed by atoms with Crippen molar-refractivity contribution in [2.45, 2.75) is 24.9 Å². The van der Waals surface area contributed by atoms with Crippen LogP contribution in [-0.4, -0.2) is 18.6 Å². The molecule has 3 atom stereocenters. The van der Waals surface area contributed by atoms with Crippen molar-refractivity contribution in [3.8, 4) is 0 Å². The van der Waals surface area contributed by atoms with Crippen LogP contribution in [-0.2, 0) is 0 Å². The van der Waals surface area contributed by atoms with Crippen molar-refractivity contribution in [1.82, 2.24) is 10.6 Å². The van der Waals surface area contributed by atoms with Crippen molar-refractivity contribution < 1.29 is 0 Å². The molecule has 0 amide bonds. The molecule has 1 aliphatic carbocycles. The molecular weight excluding hydrogens is 198 g/mol. The summed E-state index contributed by atoms with van der Waals surface area (Å²) in [4.78, 5) is 0. The largest absolute Gasteiger partial charge is 0.370 e. The third kappa shape index (κ3) is 1.09. The highest BCUT2D eigenvalue weighted by atomic mass is 35.5. The smallest absolute Gasteiger partial charge is 0.100 e. The summed E-state index contributed by atoms with van der Waals surface area (Å²) in [6.07, 6.45) is 4.09. The molecule has 0 bridgehead atoms. The molecule has 0 spiro atoms. The Morgan fingerprint density at radius 3 is 3.21 bits per heavy atom. The highest BCUT2D eigenvalue weighted by Crippen LogP contribution is 2.39. The van der Waals surface area contributed by atoms with Crippen molar-refractivity contribution >= 4 is 11.6 Å². The summed E-state index contributed by atoms with van der Waals surface area (Å²) in [6, 6.07) is 0.691. The number of hydrogen-bond acceptors (Lipinski definition) is 3. The highest BCUT2D eigenvalue weighted by molar-refractivity contribution is 6.29. The summed E-state index contributed by atoms with van der Waals surface area (Å²) >= 11 is 6.07. The fourth-order valence-corrected chi connectivity index (χ4v) is 2.99. The van der Waals surface area contributed by atoms with Gasteiger partial charge in [-0.3, -0.25) is 0 Å². The number of nitrogens with one attached hydrogen (secondary N) is 2. The molecule has 4 N–H and O–H groups in total. The van der Waals surface area contributed by atoms with Gasteiger partial charge in [0.15, 0.2) is 0 Å². The first-order valence-electron chi connectivity index (χ1n) is 5.10. The highest BCUT2D eigenvalue weighted by Gasteiger charge is 2.41. The lowest BCUT2D eigenvalue weighted by molar-refractivity contribution is 0.423. The number of fused-ring (bicyclic) bond motifs is 2. The Hall–Kier alpha value is -0.670. The fraction of sp³-hybridized carbons (Fsp3) is 0.600. The molecule has 0 fully saturated rings. The van der Waals surface area contributed by atoms with Gasteiger partial charge in [-0.05, 0) is 18.4 Å². The van der Waals surface area contributed by atoms with E-state index in [-0.39, 0.29) is 6.04 Å². The summed E-state index contributed by atoms with van der Waals surface area (Å²) in [5.74, 6) is 1.69. The molecular formula is C10H14ClN3. The van der Waals surface area contributed by atoms with E-state index in [9.17, 15) is 0 Å². The Morgan fingerprint density at radius 1 is 1.50 bits per heavy atom. The van der Waals surface area contributed by atoms with Crippen LogP contribution in [0.3, 0.4) is 0 Å². The predicted molar refractivity (Wildman–Crippen MR) is 56.6 cm³/mol. The maximum Gasteiger partial charge on any atom is 0.100 e. The second-order valence-corrected chi connectivity index (χ2v) is 4.75. The van der Waals surface area contributed by atoms with E-state index in [0.29, 0.717) is 12.0 Å². The molecule has 2 heterocycles. The maximum absolute atomic E-state index is 6.07. The zero-order valence-corrected chi connectivity index (χ0v) is 8.64. The Bertz CT molecular complexity index is 334. The minimum Gasteiger partial charge on any atom is -0.370 e. The van der Waals surface area contributed by atoms with Crippen LogP contribution in [0.5, 0.6) is 0 Å². The van der Waals surface area contributed by atoms with Crippen LogP contribution in [0, 0.1) is 5.92 Å². The average molecular weight is 212 g/mol. The number of halogens is 1. The van der Waals surface area contributed by atoms with E-state index in [2.05, 4.69) is 16.7 Å². The quantitative estimate of drug-likeness (QED) is 0.551. The monoisotopic (exact) mass is 211 g/mol. The molecule has 2 aliphatic heterocycles. The second kappa shape index (κ2) is 2.91. The second-order valence-electron chi connectivity index (χ2n) is 4.27. The van der Waals surface area contributed by atoms with E-state index in [1.54, 1.807) is 0 Å². The van der Waals surface area contributed by atoms with Crippen LogP contribution < -0.4 is 16.4 Å². The van der Waals surface area contributed by atoms with E-state index in [1.165, 1.54) is 11.4 Å². The molecule has 76 valence electrons. The average Bonchev–Trinajstić information content (AvgIpc) is 2.67. The van der Waals surface area contributed by atoms with Crippen molar-refractivity contribution in [1.29, 1.82) is 0 Å². The third-order valence-electron chi connectivity index (χ3n) is 3.41. The van der Waals surface area contributed by atoms with Crippen molar-refractivity contribution in [2.24, 2.45) is 11.7 Å². The first kappa shape index (κ1) is 8.62. The van der Waals surface area contributed by atoms with Gasteiger partial charge in [-0.15, -0.1) is 0 Å². The van der Waals surface area contributed by atoms with Gasteiger partial charge in [0, 0.05) is 29.6 Å². The van der Waals surface area contributed by atoms with Crippen LogP contribution in [0.2, 0.25) is 0 Å². The molecule has 0 saturated heterocycles. The zero-order chi connectivity index (χ0) is 9.71. The Balaban J connectivity index is 1.91. The number of rotatable bonds is 0. The van der Waals surface area contributed by atoms with Crippen LogP contribution >= 0.6 is 11.6 Å². The van der Waals surface area contributed by atoms with Gasteiger partial charge in [0.25, 0.3) is 0 Å². The van der Waals surface area contributed by atoms with Crippen LogP contribution in [0.25, 0.3) is 0 Å². The van der Waals surface area contributed by atoms with E-state index < -0.39 is 0 Å². The molecule has 0 aromatic carbocycles. The summed E-state index contributed by atoms with van der Waals surface area (Å²) in [6.45, 7) is 0.863. The topological polar surface area (TPSA) is 50.1 Å². The SMILES string of the molecule is NC1CNC2=C1C1CC(Cl)=CCC1N2. The summed E-state index contributed by atoms with van der Waals surface area (Å²) in [5, 5.41) is 7.79. The molecule has 0 saturated carbocycles. The van der Waals surface area contributed by atoms with Gasteiger partial charge in [0.2, 0.25) is 0 Å². The summed E-state index contributed by atoms with van der Waals surface area (Å²) < 4.78 is 0. The van der Waals surface area contributed by atoms with Gasteiger partial charge >= 0.3 is 0 Å². The maximum atomic E-state index is 6.07. The number of hydrogen-bond donors (Lipinski definition) is 3. The molecule has 3 unspecified atom stereocenters. The molecule has 3 aliphatic rings. The Labute approximate surface area is 88.4 Å².